The Balaban J connectivity index is 1.93. The summed E-state index contributed by atoms with van der Waals surface area (Å²) in [6, 6.07) is 5.52. The van der Waals surface area contributed by atoms with Crippen LogP contribution >= 0.6 is 0 Å². The summed E-state index contributed by atoms with van der Waals surface area (Å²) in [5.41, 5.74) is 2.28. The van der Waals surface area contributed by atoms with E-state index in [1.807, 2.05) is 12.1 Å². The Morgan fingerprint density at radius 3 is 3.05 bits per heavy atom. The Labute approximate surface area is 114 Å². The number of nitrogens with zero attached hydrogens (tertiary/aromatic N) is 2. The number of H-pyrrole nitrogens is 1. The molecule has 0 spiro atoms. The molecule has 2 aromatic heterocycles. The summed E-state index contributed by atoms with van der Waals surface area (Å²) in [6.07, 6.45) is 3.79. The molecule has 3 aromatic rings. The highest BCUT2D eigenvalue weighted by atomic mass is 16.4. The van der Waals surface area contributed by atoms with Crippen molar-refractivity contribution in [2.24, 2.45) is 5.92 Å². The fourth-order valence-electron chi connectivity index (χ4n) is 2.02. The fraction of sp³-hybridized carbons (Fsp3) is 0.214. The minimum Gasteiger partial charge on any atom is -0.481 e. The van der Waals surface area contributed by atoms with Gasteiger partial charge in [0.15, 0.2) is 11.4 Å². The molecule has 20 heavy (non-hydrogen) atoms. The smallest absolute Gasteiger partial charge is 0.306 e. The van der Waals surface area contributed by atoms with Gasteiger partial charge in [0.2, 0.25) is 0 Å². The van der Waals surface area contributed by atoms with Crippen molar-refractivity contribution >= 4 is 17.1 Å². The number of oxazole rings is 1. The maximum absolute atomic E-state index is 10.9. The minimum atomic E-state index is -0.804. The predicted molar refractivity (Wildman–Crippen MR) is 72.1 cm³/mol. The van der Waals surface area contributed by atoms with E-state index in [0.29, 0.717) is 29.2 Å². The monoisotopic (exact) mass is 271 g/mol. The first kappa shape index (κ1) is 12.4. The van der Waals surface area contributed by atoms with E-state index in [9.17, 15) is 4.79 Å². The zero-order chi connectivity index (χ0) is 14.1. The molecule has 0 fully saturated rings. The fourth-order valence-corrected chi connectivity index (χ4v) is 2.02. The van der Waals surface area contributed by atoms with Gasteiger partial charge < -0.3 is 14.5 Å². The molecule has 6 nitrogen and oxygen atoms in total. The van der Waals surface area contributed by atoms with Gasteiger partial charge in [-0.3, -0.25) is 4.79 Å². The lowest BCUT2D eigenvalue weighted by atomic mass is 10.0. The molecule has 1 atom stereocenters. The number of imidazole rings is 1. The molecule has 1 aromatic carbocycles. The van der Waals surface area contributed by atoms with Gasteiger partial charge in [-0.1, -0.05) is 13.0 Å². The molecule has 0 radical (unpaired) electrons. The topological polar surface area (TPSA) is 92.0 Å². The number of rotatable bonds is 4. The summed E-state index contributed by atoms with van der Waals surface area (Å²) in [5.74, 6) is -0.236. The molecule has 0 saturated heterocycles. The maximum atomic E-state index is 10.9. The van der Waals surface area contributed by atoms with Crippen LogP contribution in [-0.2, 0) is 11.2 Å². The number of carboxylic acid groups (broad SMARTS) is 1. The average Bonchev–Trinajstić information content (AvgIpc) is 3.06. The number of hydrogen-bond donors (Lipinski definition) is 2. The summed E-state index contributed by atoms with van der Waals surface area (Å²) in [4.78, 5) is 22.3. The van der Waals surface area contributed by atoms with Crippen LogP contribution in [0.15, 0.2) is 35.0 Å². The van der Waals surface area contributed by atoms with Crippen molar-refractivity contribution in [3.8, 4) is 11.7 Å². The minimum absolute atomic E-state index is 0.424. The molecule has 0 aliphatic carbocycles. The van der Waals surface area contributed by atoms with Gasteiger partial charge in [0, 0.05) is 12.4 Å². The predicted octanol–water partition coefficient (Wildman–Crippen LogP) is 2.48. The summed E-state index contributed by atoms with van der Waals surface area (Å²) in [7, 11) is 0. The maximum Gasteiger partial charge on any atom is 0.306 e. The second-order valence-corrected chi connectivity index (χ2v) is 4.70. The third-order valence-electron chi connectivity index (χ3n) is 3.12. The third kappa shape index (κ3) is 2.27. The van der Waals surface area contributed by atoms with Gasteiger partial charge in [0.25, 0.3) is 5.89 Å². The quantitative estimate of drug-likeness (QED) is 0.760. The van der Waals surface area contributed by atoms with Crippen LogP contribution in [0.25, 0.3) is 22.8 Å². The second-order valence-electron chi connectivity index (χ2n) is 4.70. The van der Waals surface area contributed by atoms with Crippen molar-refractivity contribution in [3.05, 3.63) is 36.2 Å². The standard InChI is InChI=1S/C14H13N3O3/c1-8(14(18)19)6-9-2-3-11-10(7-9)17-13(20-11)12-15-4-5-16-12/h2-5,7-8H,6H2,1H3,(H,15,16)(H,18,19). The number of benzene rings is 1. The Kier molecular flexibility index (Phi) is 2.98. The summed E-state index contributed by atoms with van der Waals surface area (Å²) in [5, 5.41) is 8.94. The van der Waals surface area contributed by atoms with Crippen LogP contribution in [0.4, 0.5) is 0 Å². The highest BCUT2D eigenvalue weighted by molar-refractivity contribution is 5.76. The largest absolute Gasteiger partial charge is 0.481 e. The van der Waals surface area contributed by atoms with Gasteiger partial charge in [-0.05, 0) is 24.1 Å². The normalized spacial score (nSPS) is 12.7. The van der Waals surface area contributed by atoms with E-state index in [1.54, 1.807) is 25.4 Å². The summed E-state index contributed by atoms with van der Waals surface area (Å²) >= 11 is 0. The zero-order valence-electron chi connectivity index (χ0n) is 10.8. The molecule has 1 unspecified atom stereocenters. The van der Waals surface area contributed by atoms with Gasteiger partial charge in [0.1, 0.15) is 5.52 Å². The lowest BCUT2D eigenvalue weighted by molar-refractivity contribution is -0.141. The third-order valence-corrected chi connectivity index (χ3v) is 3.12. The Morgan fingerprint density at radius 1 is 1.50 bits per heavy atom. The van der Waals surface area contributed by atoms with E-state index in [-0.39, 0.29) is 0 Å². The van der Waals surface area contributed by atoms with Gasteiger partial charge in [0.05, 0.1) is 5.92 Å². The van der Waals surface area contributed by atoms with E-state index in [0.717, 1.165) is 5.56 Å². The van der Waals surface area contributed by atoms with Gasteiger partial charge in [-0.2, -0.15) is 0 Å². The zero-order valence-corrected chi connectivity index (χ0v) is 10.8. The summed E-state index contributed by atoms with van der Waals surface area (Å²) < 4.78 is 5.60. The lowest BCUT2D eigenvalue weighted by Gasteiger charge is -2.05. The van der Waals surface area contributed by atoms with Crippen LogP contribution in [0.5, 0.6) is 0 Å². The van der Waals surface area contributed by atoms with Crippen molar-refractivity contribution in [1.29, 1.82) is 0 Å². The van der Waals surface area contributed by atoms with E-state index >= 15 is 0 Å². The van der Waals surface area contributed by atoms with Crippen molar-refractivity contribution < 1.29 is 14.3 Å². The van der Waals surface area contributed by atoms with Crippen molar-refractivity contribution in [1.82, 2.24) is 15.0 Å². The number of nitrogens with one attached hydrogen (secondary N) is 1. The number of carboxylic acids is 1. The van der Waals surface area contributed by atoms with Gasteiger partial charge in [-0.25, -0.2) is 9.97 Å². The van der Waals surface area contributed by atoms with Crippen molar-refractivity contribution in [2.45, 2.75) is 13.3 Å². The molecule has 0 bridgehead atoms. The number of fused-ring (bicyclic) bond motifs is 1. The lowest BCUT2D eigenvalue weighted by Crippen LogP contribution is -2.12. The Hall–Kier alpha value is -2.63. The highest BCUT2D eigenvalue weighted by Gasteiger charge is 2.14. The molecule has 0 aliphatic rings. The molecule has 2 N–H and O–H groups in total. The first-order valence-electron chi connectivity index (χ1n) is 6.25. The Bertz CT molecular complexity index is 746. The summed E-state index contributed by atoms with van der Waals surface area (Å²) in [6.45, 7) is 1.68. The SMILES string of the molecule is CC(Cc1ccc2oc(-c3ncc[nH]3)nc2c1)C(=O)O. The van der Waals surface area contributed by atoms with E-state index in [4.69, 9.17) is 9.52 Å². The van der Waals surface area contributed by atoms with E-state index in [1.165, 1.54) is 0 Å². The van der Waals surface area contributed by atoms with Gasteiger partial charge >= 0.3 is 5.97 Å². The molecule has 0 saturated carbocycles. The number of aliphatic carboxylic acids is 1. The van der Waals surface area contributed by atoms with E-state index < -0.39 is 11.9 Å². The van der Waals surface area contributed by atoms with Gasteiger partial charge in [-0.15, -0.1) is 0 Å². The van der Waals surface area contributed by atoms with Crippen LogP contribution in [0.2, 0.25) is 0 Å². The van der Waals surface area contributed by atoms with Crippen molar-refractivity contribution in [3.63, 3.8) is 0 Å². The highest BCUT2D eigenvalue weighted by Crippen LogP contribution is 2.23. The average molecular weight is 271 g/mol. The Morgan fingerprint density at radius 2 is 2.35 bits per heavy atom. The molecular formula is C14H13N3O3. The second kappa shape index (κ2) is 4.80. The van der Waals surface area contributed by atoms with Crippen LogP contribution < -0.4 is 0 Å². The van der Waals surface area contributed by atoms with Crippen LogP contribution in [0.3, 0.4) is 0 Å². The molecule has 0 aliphatic heterocycles. The van der Waals surface area contributed by atoms with Crippen LogP contribution in [-0.4, -0.2) is 26.0 Å². The molecule has 2 heterocycles. The number of carbonyl (C=O) groups is 1. The first-order valence-corrected chi connectivity index (χ1v) is 6.25. The number of hydrogen-bond acceptors (Lipinski definition) is 4. The molecular weight excluding hydrogens is 258 g/mol. The number of aromatic nitrogens is 3. The van der Waals surface area contributed by atoms with Crippen molar-refractivity contribution in [2.75, 3.05) is 0 Å². The number of aromatic amines is 1. The molecule has 3 rings (SSSR count). The van der Waals surface area contributed by atoms with E-state index in [2.05, 4.69) is 15.0 Å². The molecule has 6 heteroatoms. The molecule has 0 amide bonds. The van der Waals surface area contributed by atoms with Crippen LogP contribution in [0, 0.1) is 5.92 Å². The first-order chi connectivity index (χ1) is 9.63. The molecule has 102 valence electrons. The van der Waals surface area contributed by atoms with Crippen LogP contribution in [0.1, 0.15) is 12.5 Å².